The molecule has 2 heteroatoms. The Hall–Kier alpha value is -1.05. The van der Waals surface area contributed by atoms with Crippen LogP contribution in [0, 0.1) is 6.92 Å². The second-order valence-electron chi connectivity index (χ2n) is 2.62. The van der Waals surface area contributed by atoms with Crippen molar-refractivity contribution in [3.63, 3.8) is 0 Å². The Morgan fingerprint density at radius 1 is 1.73 bits per heavy atom. The fraction of sp³-hybridized carbons (Fsp3) is 0.444. The Labute approximate surface area is 66.2 Å². The Bertz CT molecular complexity index is 237. The number of aldehydes is 1. The minimum atomic E-state index is -0.0648. The zero-order valence-electron chi connectivity index (χ0n) is 6.83. The first-order valence-corrected chi connectivity index (χ1v) is 3.78. The highest BCUT2D eigenvalue weighted by molar-refractivity contribution is 5.61. The van der Waals surface area contributed by atoms with Crippen LogP contribution < -0.4 is 0 Å². The van der Waals surface area contributed by atoms with Gasteiger partial charge in [-0.3, -0.25) is 0 Å². The Morgan fingerprint density at radius 3 is 2.82 bits per heavy atom. The van der Waals surface area contributed by atoms with Crippen molar-refractivity contribution in [2.45, 2.75) is 26.2 Å². The van der Waals surface area contributed by atoms with E-state index in [1.807, 2.05) is 19.9 Å². The van der Waals surface area contributed by atoms with Crippen molar-refractivity contribution < 1.29 is 9.21 Å². The summed E-state index contributed by atoms with van der Waals surface area (Å²) in [5.74, 6) is 0.743. The lowest BCUT2D eigenvalue weighted by Gasteiger charge is -2.03. The SMILES string of the molecule is CCC(C=O)c1occc1C. The van der Waals surface area contributed by atoms with E-state index in [9.17, 15) is 4.79 Å². The molecule has 0 aromatic carbocycles. The Balaban J connectivity index is 2.89. The highest BCUT2D eigenvalue weighted by Crippen LogP contribution is 2.21. The third kappa shape index (κ3) is 1.50. The van der Waals surface area contributed by atoms with Gasteiger partial charge in [0.05, 0.1) is 12.2 Å². The Kier molecular flexibility index (Phi) is 2.47. The van der Waals surface area contributed by atoms with Crippen LogP contribution in [0.15, 0.2) is 16.7 Å². The number of hydrogen-bond acceptors (Lipinski definition) is 2. The number of rotatable bonds is 3. The lowest BCUT2D eigenvalue weighted by molar-refractivity contribution is -0.109. The maximum atomic E-state index is 10.5. The second kappa shape index (κ2) is 3.37. The van der Waals surface area contributed by atoms with Gasteiger partial charge >= 0.3 is 0 Å². The van der Waals surface area contributed by atoms with Crippen molar-refractivity contribution in [1.29, 1.82) is 0 Å². The number of aryl methyl sites for hydroxylation is 1. The molecule has 0 saturated heterocycles. The maximum absolute atomic E-state index is 10.5. The van der Waals surface area contributed by atoms with E-state index in [0.717, 1.165) is 24.0 Å². The van der Waals surface area contributed by atoms with E-state index >= 15 is 0 Å². The predicted octanol–water partition coefficient (Wildman–Crippen LogP) is 2.28. The zero-order valence-corrected chi connectivity index (χ0v) is 6.83. The van der Waals surface area contributed by atoms with Crippen molar-refractivity contribution in [3.05, 3.63) is 23.7 Å². The monoisotopic (exact) mass is 152 g/mol. The molecule has 2 nitrogen and oxygen atoms in total. The van der Waals surface area contributed by atoms with Gasteiger partial charge in [-0.05, 0) is 25.0 Å². The van der Waals surface area contributed by atoms with E-state index in [4.69, 9.17) is 4.42 Å². The van der Waals surface area contributed by atoms with Gasteiger partial charge in [0.15, 0.2) is 0 Å². The molecule has 60 valence electrons. The van der Waals surface area contributed by atoms with Crippen LogP contribution in [-0.2, 0) is 4.79 Å². The highest BCUT2D eigenvalue weighted by atomic mass is 16.3. The van der Waals surface area contributed by atoms with Crippen LogP contribution >= 0.6 is 0 Å². The summed E-state index contributed by atoms with van der Waals surface area (Å²) in [6.45, 7) is 3.92. The van der Waals surface area contributed by atoms with Gasteiger partial charge in [-0.1, -0.05) is 6.92 Å². The smallest absolute Gasteiger partial charge is 0.130 e. The molecule has 0 N–H and O–H groups in total. The molecule has 0 spiro atoms. The third-order valence-corrected chi connectivity index (χ3v) is 1.84. The summed E-state index contributed by atoms with van der Waals surface area (Å²) in [5, 5.41) is 0. The minimum absolute atomic E-state index is 0.0648. The van der Waals surface area contributed by atoms with Crippen molar-refractivity contribution in [3.8, 4) is 0 Å². The minimum Gasteiger partial charge on any atom is -0.468 e. The van der Waals surface area contributed by atoms with Crippen molar-refractivity contribution in [2.75, 3.05) is 0 Å². The summed E-state index contributed by atoms with van der Waals surface area (Å²) < 4.78 is 5.18. The summed E-state index contributed by atoms with van der Waals surface area (Å²) in [4.78, 5) is 10.5. The fourth-order valence-corrected chi connectivity index (χ4v) is 1.11. The molecule has 0 aliphatic rings. The van der Waals surface area contributed by atoms with E-state index < -0.39 is 0 Å². The quantitative estimate of drug-likeness (QED) is 0.622. The van der Waals surface area contributed by atoms with Gasteiger partial charge in [-0.2, -0.15) is 0 Å². The van der Waals surface area contributed by atoms with Crippen LogP contribution in [0.5, 0.6) is 0 Å². The largest absolute Gasteiger partial charge is 0.468 e. The zero-order chi connectivity index (χ0) is 8.27. The number of carbonyl (C=O) groups excluding carboxylic acids is 1. The molecule has 0 saturated carbocycles. The molecule has 0 aliphatic carbocycles. The van der Waals surface area contributed by atoms with Gasteiger partial charge in [0.2, 0.25) is 0 Å². The average Bonchev–Trinajstić information content (AvgIpc) is 2.40. The van der Waals surface area contributed by atoms with Crippen molar-refractivity contribution >= 4 is 6.29 Å². The molecule has 0 fully saturated rings. The topological polar surface area (TPSA) is 30.2 Å². The molecule has 1 aromatic heterocycles. The number of hydrogen-bond donors (Lipinski definition) is 0. The number of carbonyl (C=O) groups is 1. The molecule has 0 bridgehead atoms. The van der Waals surface area contributed by atoms with Gasteiger partial charge in [-0.25, -0.2) is 0 Å². The van der Waals surface area contributed by atoms with Gasteiger partial charge < -0.3 is 9.21 Å². The first-order valence-electron chi connectivity index (χ1n) is 3.78. The van der Waals surface area contributed by atoms with Gasteiger partial charge in [0.1, 0.15) is 12.0 Å². The van der Waals surface area contributed by atoms with E-state index in [1.165, 1.54) is 0 Å². The molecule has 0 amide bonds. The third-order valence-electron chi connectivity index (χ3n) is 1.84. The molecule has 1 atom stereocenters. The van der Waals surface area contributed by atoms with Crippen LogP contribution in [0.1, 0.15) is 30.6 Å². The normalized spacial score (nSPS) is 12.9. The maximum Gasteiger partial charge on any atom is 0.130 e. The van der Waals surface area contributed by atoms with Crippen LogP contribution in [-0.4, -0.2) is 6.29 Å². The molecule has 1 aromatic rings. The van der Waals surface area contributed by atoms with Gasteiger partial charge in [0, 0.05) is 0 Å². The van der Waals surface area contributed by atoms with Gasteiger partial charge in [-0.15, -0.1) is 0 Å². The van der Waals surface area contributed by atoms with Crippen LogP contribution in [0.4, 0.5) is 0 Å². The van der Waals surface area contributed by atoms with E-state index in [-0.39, 0.29) is 5.92 Å². The fourth-order valence-electron chi connectivity index (χ4n) is 1.11. The van der Waals surface area contributed by atoms with E-state index in [0.29, 0.717) is 0 Å². The summed E-state index contributed by atoms with van der Waals surface area (Å²) in [7, 11) is 0. The molecule has 0 radical (unpaired) electrons. The Morgan fingerprint density at radius 2 is 2.45 bits per heavy atom. The predicted molar refractivity (Wildman–Crippen MR) is 42.5 cm³/mol. The summed E-state index contributed by atoms with van der Waals surface area (Å²) in [6.07, 6.45) is 3.36. The molecule has 0 aliphatic heterocycles. The number of furan rings is 1. The summed E-state index contributed by atoms with van der Waals surface area (Å²) in [5.41, 5.74) is 1.06. The van der Waals surface area contributed by atoms with Crippen LogP contribution in [0.2, 0.25) is 0 Å². The summed E-state index contributed by atoms with van der Waals surface area (Å²) >= 11 is 0. The van der Waals surface area contributed by atoms with Crippen molar-refractivity contribution in [1.82, 2.24) is 0 Å². The van der Waals surface area contributed by atoms with E-state index in [2.05, 4.69) is 0 Å². The molecule has 11 heavy (non-hydrogen) atoms. The molecule has 1 unspecified atom stereocenters. The molecular weight excluding hydrogens is 140 g/mol. The molecular formula is C9H12O2. The van der Waals surface area contributed by atoms with Crippen LogP contribution in [0.25, 0.3) is 0 Å². The standard InChI is InChI=1S/C9H12O2/c1-3-8(6-10)9-7(2)4-5-11-9/h4-6,8H,3H2,1-2H3. The first kappa shape index (κ1) is 8.05. The highest BCUT2D eigenvalue weighted by Gasteiger charge is 2.13. The lowest BCUT2D eigenvalue weighted by atomic mass is 10.0. The second-order valence-corrected chi connectivity index (χ2v) is 2.62. The van der Waals surface area contributed by atoms with Gasteiger partial charge in [0.25, 0.3) is 0 Å². The summed E-state index contributed by atoms with van der Waals surface area (Å²) in [6, 6.07) is 1.88. The molecule has 1 heterocycles. The average molecular weight is 152 g/mol. The molecule has 1 rings (SSSR count). The van der Waals surface area contributed by atoms with Crippen LogP contribution in [0.3, 0.4) is 0 Å². The first-order chi connectivity index (χ1) is 5.29. The lowest BCUT2D eigenvalue weighted by Crippen LogP contribution is -1.97. The van der Waals surface area contributed by atoms with Crippen molar-refractivity contribution in [2.24, 2.45) is 0 Å². The van der Waals surface area contributed by atoms with E-state index in [1.54, 1.807) is 6.26 Å².